The zero-order chi connectivity index (χ0) is 11.6. The van der Waals surface area contributed by atoms with Gasteiger partial charge in [0.15, 0.2) is 5.82 Å². The molecule has 0 bridgehead atoms. The fourth-order valence-electron chi connectivity index (χ4n) is 1.26. The number of anilines is 1. The summed E-state index contributed by atoms with van der Waals surface area (Å²) in [5.41, 5.74) is 0.505. The molecule has 2 heterocycles. The molecule has 2 N–H and O–H groups in total. The second-order valence-electron chi connectivity index (χ2n) is 4.51. The molecule has 0 spiro atoms. The highest BCUT2D eigenvalue weighted by Crippen LogP contribution is 2.16. The molecule has 0 unspecified atom stereocenters. The summed E-state index contributed by atoms with van der Waals surface area (Å²) in [6, 6.07) is 0. The first kappa shape index (κ1) is 10.8. The minimum Gasteiger partial charge on any atom is -0.396 e. The van der Waals surface area contributed by atoms with Crippen LogP contribution in [0.1, 0.15) is 13.8 Å². The van der Waals surface area contributed by atoms with E-state index in [0.29, 0.717) is 18.0 Å². The van der Waals surface area contributed by atoms with Gasteiger partial charge in [-0.2, -0.15) is 0 Å². The molecule has 0 atom stereocenters. The quantitative estimate of drug-likeness (QED) is 0.788. The Morgan fingerprint density at radius 2 is 2.31 bits per heavy atom. The molecule has 0 aliphatic carbocycles. The first-order chi connectivity index (χ1) is 7.62. The van der Waals surface area contributed by atoms with Crippen molar-refractivity contribution in [3.63, 3.8) is 0 Å². The van der Waals surface area contributed by atoms with Gasteiger partial charge in [0.05, 0.1) is 0 Å². The number of hydrogen-bond acceptors (Lipinski definition) is 5. The van der Waals surface area contributed by atoms with Crippen molar-refractivity contribution in [1.82, 2.24) is 19.6 Å². The normalized spacial score (nSPS) is 11.9. The van der Waals surface area contributed by atoms with Gasteiger partial charge < -0.3 is 10.4 Å². The largest absolute Gasteiger partial charge is 0.396 e. The number of fused-ring (bicyclic) bond motifs is 1. The number of hydrogen-bond donors (Lipinski definition) is 2. The number of aliphatic hydroxyl groups is 1. The molecule has 2 aromatic heterocycles. The standard InChI is InChI=1S/C10H15N5O/c1-10(2,6-16)5-12-8-9-14-13-7-15(9)4-3-11-8/h3-4,7,16H,5-6H2,1-2H3,(H,11,12). The molecule has 6 heteroatoms. The highest BCUT2D eigenvalue weighted by Gasteiger charge is 2.17. The van der Waals surface area contributed by atoms with E-state index < -0.39 is 0 Å². The summed E-state index contributed by atoms with van der Waals surface area (Å²) in [5, 5.41) is 20.1. The molecule has 0 aliphatic rings. The van der Waals surface area contributed by atoms with Crippen molar-refractivity contribution in [2.24, 2.45) is 5.41 Å². The second-order valence-corrected chi connectivity index (χ2v) is 4.51. The Morgan fingerprint density at radius 3 is 3.06 bits per heavy atom. The Bertz CT molecular complexity index is 479. The SMILES string of the molecule is CC(C)(CO)CNc1nccn2cnnc12. The van der Waals surface area contributed by atoms with Gasteiger partial charge in [0, 0.05) is 31.0 Å². The lowest BCUT2D eigenvalue weighted by Gasteiger charge is -2.22. The third kappa shape index (κ3) is 2.11. The summed E-state index contributed by atoms with van der Waals surface area (Å²) >= 11 is 0. The minimum absolute atomic E-state index is 0.121. The van der Waals surface area contributed by atoms with Gasteiger partial charge in [0.2, 0.25) is 5.65 Å². The van der Waals surface area contributed by atoms with Crippen molar-refractivity contribution in [2.75, 3.05) is 18.5 Å². The van der Waals surface area contributed by atoms with E-state index in [-0.39, 0.29) is 12.0 Å². The molecule has 0 aromatic carbocycles. The Hall–Kier alpha value is -1.69. The van der Waals surface area contributed by atoms with E-state index in [0.717, 1.165) is 0 Å². The third-order valence-electron chi connectivity index (χ3n) is 2.38. The van der Waals surface area contributed by atoms with Gasteiger partial charge in [-0.05, 0) is 0 Å². The molecule has 6 nitrogen and oxygen atoms in total. The molecule has 0 radical (unpaired) electrons. The number of nitrogens with zero attached hydrogens (tertiary/aromatic N) is 4. The van der Waals surface area contributed by atoms with Gasteiger partial charge in [-0.3, -0.25) is 4.40 Å². The van der Waals surface area contributed by atoms with E-state index >= 15 is 0 Å². The van der Waals surface area contributed by atoms with Crippen LogP contribution >= 0.6 is 0 Å². The highest BCUT2D eigenvalue weighted by atomic mass is 16.3. The molecule has 0 saturated carbocycles. The minimum atomic E-state index is -0.186. The van der Waals surface area contributed by atoms with Crippen LogP contribution in [-0.2, 0) is 0 Å². The van der Waals surface area contributed by atoms with Crippen LogP contribution in [0.3, 0.4) is 0 Å². The number of nitrogens with one attached hydrogen (secondary N) is 1. The van der Waals surface area contributed by atoms with Crippen molar-refractivity contribution in [1.29, 1.82) is 0 Å². The molecule has 0 aliphatic heterocycles. The van der Waals surface area contributed by atoms with E-state index in [9.17, 15) is 0 Å². The zero-order valence-corrected chi connectivity index (χ0v) is 9.38. The van der Waals surface area contributed by atoms with Crippen LogP contribution in [0.5, 0.6) is 0 Å². The molecule has 0 saturated heterocycles. The monoisotopic (exact) mass is 221 g/mol. The Labute approximate surface area is 93.3 Å². The number of aliphatic hydroxyl groups excluding tert-OH is 1. The maximum Gasteiger partial charge on any atom is 0.203 e. The van der Waals surface area contributed by atoms with Gasteiger partial charge in [0.1, 0.15) is 6.33 Å². The molecule has 0 fully saturated rings. The van der Waals surface area contributed by atoms with Crippen LogP contribution in [0.15, 0.2) is 18.7 Å². The van der Waals surface area contributed by atoms with E-state index in [2.05, 4.69) is 20.5 Å². The number of rotatable bonds is 4. The van der Waals surface area contributed by atoms with Crippen LogP contribution in [-0.4, -0.2) is 37.8 Å². The lowest BCUT2D eigenvalue weighted by molar-refractivity contribution is 0.171. The summed E-state index contributed by atoms with van der Waals surface area (Å²) in [6.07, 6.45) is 5.10. The lowest BCUT2D eigenvalue weighted by atomic mass is 9.95. The van der Waals surface area contributed by atoms with Gasteiger partial charge >= 0.3 is 0 Å². The Balaban J connectivity index is 2.18. The van der Waals surface area contributed by atoms with E-state index in [1.165, 1.54) is 0 Å². The smallest absolute Gasteiger partial charge is 0.203 e. The fraction of sp³-hybridized carbons (Fsp3) is 0.500. The maximum atomic E-state index is 9.15. The Kier molecular flexibility index (Phi) is 2.74. The average Bonchev–Trinajstić information content (AvgIpc) is 2.75. The van der Waals surface area contributed by atoms with Crippen molar-refractivity contribution < 1.29 is 5.11 Å². The first-order valence-corrected chi connectivity index (χ1v) is 5.11. The molecule has 2 aromatic rings. The molecular formula is C10H15N5O. The van der Waals surface area contributed by atoms with Crippen LogP contribution in [0.25, 0.3) is 5.65 Å². The van der Waals surface area contributed by atoms with Gasteiger partial charge in [-0.25, -0.2) is 4.98 Å². The summed E-state index contributed by atoms with van der Waals surface area (Å²) < 4.78 is 1.79. The summed E-state index contributed by atoms with van der Waals surface area (Å²) in [4.78, 5) is 4.20. The molecule has 2 rings (SSSR count). The second kappa shape index (κ2) is 4.05. The average molecular weight is 221 g/mol. The summed E-state index contributed by atoms with van der Waals surface area (Å²) in [7, 11) is 0. The van der Waals surface area contributed by atoms with Crippen LogP contribution in [0.4, 0.5) is 5.82 Å². The van der Waals surface area contributed by atoms with Crippen LogP contribution in [0, 0.1) is 5.41 Å². The molecule has 16 heavy (non-hydrogen) atoms. The predicted molar refractivity (Wildman–Crippen MR) is 60.1 cm³/mol. The van der Waals surface area contributed by atoms with E-state index in [1.807, 2.05) is 13.8 Å². The predicted octanol–water partition coefficient (Wildman–Crippen LogP) is 0.555. The van der Waals surface area contributed by atoms with E-state index in [4.69, 9.17) is 5.11 Å². The van der Waals surface area contributed by atoms with E-state index in [1.54, 1.807) is 23.1 Å². The van der Waals surface area contributed by atoms with Gasteiger partial charge in [-0.1, -0.05) is 13.8 Å². The van der Waals surface area contributed by atoms with Crippen LogP contribution in [0.2, 0.25) is 0 Å². The van der Waals surface area contributed by atoms with Crippen molar-refractivity contribution in [2.45, 2.75) is 13.8 Å². The van der Waals surface area contributed by atoms with Crippen molar-refractivity contribution in [3.05, 3.63) is 18.7 Å². The first-order valence-electron chi connectivity index (χ1n) is 5.11. The fourth-order valence-corrected chi connectivity index (χ4v) is 1.26. The van der Waals surface area contributed by atoms with Crippen molar-refractivity contribution >= 4 is 11.5 Å². The molecular weight excluding hydrogens is 206 g/mol. The molecule has 0 amide bonds. The number of aromatic nitrogens is 4. The highest BCUT2D eigenvalue weighted by molar-refractivity contribution is 5.61. The van der Waals surface area contributed by atoms with Crippen LogP contribution < -0.4 is 5.32 Å². The lowest BCUT2D eigenvalue weighted by Crippen LogP contribution is -2.27. The Morgan fingerprint density at radius 1 is 1.50 bits per heavy atom. The van der Waals surface area contributed by atoms with Gasteiger partial charge in [0.25, 0.3) is 0 Å². The van der Waals surface area contributed by atoms with Crippen molar-refractivity contribution in [3.8, 4) is 0 Å². The summed E-state index contributed by atoms with van der Waals surface area (Å²) in [5.74, 6) is 0.682. The zero-order valence-electron chi connectivity index (χ0n) is 9.38. The third-order valence-corrected chi connectivity index (χ3v) is 2.38. The molecule has 86 valence electrons. The summed E-state index contributed by atoms with van der Waals surface area (Å²) in [6.45, 7) is 4.70. The topological polar surface area (TPSA) is 75.3 Å². The van der Waals surface area contributed by atoms with Gasteiger partial charge in [-0.15, -0.1) is 10.2 Å². The maximum absolute atomic E-state index is 9.15.